The lowest BCUT2D eigenvalue weighted by Gasteiger charge is -2.15. The summed E-state index contributed by atoms with van der Waals surface area (Å²) in [6.45, 7) is 8.55. The van der Waals surface area contributed by atoms with Crippen molar-refractivity contribution in [3.63, 3.8) is 0 Å². The fraction of sp³-hybridized carbons (Fsp3) is 0.550. The molecule has 1 aliphatic rings. The molecule has 140 valence electrons. The van der Waals surface area contributed by atoms with E-state index in [2.05, 4.69) is 71.9 Å². The van der Waals surface area contributed by atoms with E-state index in [1.54, 1.807) is 0 Å². The van der Waals surface area contributed by atoms with Crippen LogP contribution in [0.15, 0.2) is 39.8 Å². The summed E-state index contributed by atoms with van der Waals surface area (Å²) in [5, 5.41) is 10.7. The highest BCUT2D eigenvalue weighted by Gasteiger charge is 2.43. The summed E-state index contributed by atoms with van der Waals surface area (Å²) in [5.41, 5.74) is 1.62. The first-order chi connectivity index (χ1) is 12.6. The molecule has 0 atom stereocenters. The molecule has 0 bridgehead atoms. The summed E-state index contributed by atoms with van der Waals surface area (Å²) in [4.78, 5) is 9.23. The van der Waals surface area contributed by atoms with Crippen molar-refractivity contribution in [2.24, 2.45) is 4.99 Å². The van der Waals surface area contributed by atoms with Crippen LogP contribution in [0.25, 0.3) is 0 Å². The van der Waals surface area contributed by atoms with E-state index in [1.165, 1.54) is 18.4 Å². The Hall–Kier alpha value is -2.37. The van der Waals surface area contributed by atoms with Gasteiger partial charge in [-0.15, -0.1) is 0 Å². The van der Waals surface area contributed by atoms with Crippen LogP contribution in [-0.2, 0) is 11.8 Å². The second-order valence-corrected chi connectivity index (χ2v) is 7.22. The summed E-state index contributed by atoms with van der Waals surface area (Å²) in [5.74, 6) is 2.56. The standard InChI is InChI=1S/C20H29N5O/c1-4-21-19(22-13-10-17-24-18(15(2)3)25-26-17)23-14-20(11-12-20)16-8-6-5-7-9-16/h5-9,15H,4,10-14H2,1-3H3,(H2,21,22,23). The highest BCUT2D eigenvalue weighted by Crippen LogP contribution is 2.48. The molecule has 1 saturated carbocycles. The van der Waals surface area contributed by atoms with Crippen molar-refractivity contribution >= 4 is 5.96 Å². The average Bonchev–Trinajstić information content (AvgIpc) is 3.30. The third-order valence-corrected chi connectivity index (χ3v) is 4.76. The number of aromatic nitrogens is 2. The number of hydrogen-bond acceptors (Lipinski definition) is 4. The molecule has 1 aliphatic carbocycles. The van der Waals surface area contributed by atoms with Crippen molar-refractivity contribution in [2.75, 3.05) is 19.6 Å². The van der Waals surface area contributed by atoms with Crippen LogP contribution in [0.5, 0.6) is 0 Å². The van der Waals surface area contributed by atoms with Gasteiger partial charge in [-0.1, -0.05) is 49.3 Å². The zero-order chi connectivity index (χ0) is 18.4. The number of aliphatic imine (C=N–C) groups is 1. The van der Waals surface area contributed by atoms with Gasteiger partial charge in [0.05, 0.1) is 6.54 Å². The fourth-order valence-corrected chi connectivity index (χ4v) is 2.94. The first-order valence-corrected chi connectivity index (χ1v) is 9.53. The molecule has 2 aromatic rings. The van der Waals surface area contributed by atoms with E-state index in [4.69, 9.17) is 9.52 Å². The van der Waals surface area contributed by atoms with Gasteiger partial charge in [0.1, 0.15) is 0 Å². The van der Waals surface area contributed by atoms with Crippen molar-refractivity contribution in [3.05, 3.63) is 47.6 Å². The van der Waals surface area contributed by atoms with E-state index in [9.17, 15) is 0 Å². The molecular weight excluding hydrogens is 326 g/mol. The number of guanidine groups is 1. The number of hydrogen-bond donors (Lipinski definition) is 2. The van der Waals surface area contributed by atoms with E-state index in [0.717, 1.165) is 24.9 Å². The largest absolute Gasteiger partial charge is 0.357 e. The quantitative estimate of drug-likeness (QED) is 0.562. The van der Waals surface area contributed by atoms with Crippen LogP contribution in [0.1, 0.15) is 56.8 Å². The Balaban J connectivity index is 1.54. The minimum Gasteiger partial charge on any atom is -0.357 e. The molecular formula is C20H29N5O. The first-order valence-electron chi connectivity index (χ1n) is 9.53. The maximum absolute atomic E-state index is 5.29. The van der Waals surface area contributed by atoms with Gasteiger partial charge in [0.2, 0.25) is 5.89 Å². The Kier molecular flexibility index (Phi) is 5.91. The Morgan fingerprint density at radius 2 is 2.00 bits per heavy atom. The zero-order valence-corrected chi connectivity index (χ0v) is 16.0. The van der Waals surface area contributed by atoms with Crippen LogP contribution in [0.4, 0.5) is 0 Å². The first kappa shape index (κ1) is 18.4. The Bertz CT molecular complexity index is 719. The van der Waals surface area contributed by atoms with E-state index >= 15 is 0 Å². The molecule has 3 rings (SSSR count). The van der Waals surface area contributed by atoms with Crippen LogP contribution < -0.4 is 10.6 Å². The number of nitrogens with one attached hydrogen (secondary N) is 2. The Morgan fingerprint density at radius 1 is 1.23 bits per heavy atom. The minimum absolute atomic E-state index is 0.224. The average molecular weight is 355 g/mol. The van der Waals surface area contributed by atoms with E-state index in [0.29, 0.717) is 18.9 Å². The van der Waals surface area contributed by atoms with Gasteiger partial charge in [-0.3, -0.25) is 4.99 Å². The molecule has 1 aromatic heterocycles. The Labute approximate surface area is 155 Å². The van der Waals surface area contributed by atoms with Gasteiger partial charge in [0.15, 0.2) is 11.8 Å². The Morgan fingerprint density at radius 3 is 2.62 bits per heavy atom. The van der Waals surface area contributed by atoms with E-state index in [1.807, 2.05) is 0 Å². The molecule has 0 saturated heterocycles. The summed E-state index contributed by atoms with van der Waals surface area (Å²) in [6, 6.07) is 10.7. The molecule has 6 nitrogen and oxygen atoms in total. The maximum atomic E-state index is 5.29. The monoisotopic (exact) mass is 355 g/mol. The molecule has 1 heterocycles. The molecule has 0 aliphatic heterocycles. The van der Waals surface area contributed by atoms with Crippen LogP contribution >= 0.6 is 0 Å². The van der Waals surface area contributed by atoms with E-state index in [-0.39, 0.29) is 11.3 Å². The summed E-state index contributed by atoms with van der Waals surface area (Å²) < 4.78 is 5.29. The van der Waals surface area contributed by atoms with Gasteiger partial charge >= 0.3 is 0 Å². The van der Waals surface area contributed by atoms with Crippen LogP contribution in [-0.4, -0.2) is 35.7 Å². The van der Waals surface area contributed by atoms with Gasteiger partial charge in [0, 0.05) is 30.8 Å². The molecule has 6 heteroatoms. The van der Waals surface area contributed by atoms with Crippen molar-refractivity contribution in [2.45, 2.75) is 51.4 Å². The zero-order valence-electron chi connectivity index (χ0n) is 16.0. The van der Waals surface area contributed by atoms with Gasteiger partial charge in [-0.05, 0) is 25.3 Å². The SMILES string of the molecule is CCNC(=NCC1(c2ccccc2)CC1)NCCc1nc(C(C)C)no1. The van der Waals surface area contributed by atoms with Crippen LogP contribution in [0, 0.1) is 0 Å². The smallest absolute Gasteiger partial charge is 0.228 e. The van der Waals surface area contributed by atoms with Crippen molar-refractivity contribution in [1.29, 1.82) is 0 Å². The third kappa shape index (κ3) is 4.62. The van der Waals surface area contributed by atoms with Gasteiger partial charge in [0.25, 0.3) is 0 Å². The lowest BCUT2D eigenvalue weighted by atomic mass is 9.96. The predicted molar refractivity (Wildman–Crippen MR) is 103 cm³/mol. The molecule has 2 N–H and O–H groups in total. The minimum atomic E-state index is 0.224. The summed E-state index contributed by atoms with van der Waals surface area (Å²) in [7, 11) is 0. The van der Waals surface area contributed by atoms with Gasteiger partial charge < -0.3 is 15.2 Å². The number of nitrogens with zero attached hydrogens (tertiary/aromatic N) is 3. The molecule has 1 fully saturated rings. The molecule has 0 radical (unpaired) electrons. The number of benzene rings is 1. The highest BCUT2D eigenvalue weighted by atomic mass is 16.5. The van der Waals surface area contributed by atoms with Gasteiger partial charge in [-0.25, -0.2) is 0 Å². The van der Waals surface area contributed by atoms with Crippen LogP contribution in [0.2, 0.25) is 0 Å². The lowest BCUT2D eigenvalue weighted by Crippen LogP contribution is -2.39. The molecule has 26 heavy (non-hydrogen) atoms. The third-order valence-electron chi connectivity index (χ3n) is 4.76. The van der Waals surface area contributed by atoms with E-state index < -0.39 is 0 Å². The lowest BCUT2D eigenvalue weighted by molar-refractivity contribution is 0.371. The molecule has 0 spiro atoms. The van der Waals surface area contributed by atoms with Crippen molar-refractivity contribution in [1.82, 2.24) is 20.8 Å². The fourth-order valence-electron chi connectivity index (χ4n) is 2.94. The normalized spacial score (nSPS) is 15.9. The van der Waals surface area contributed by atoms with Crippen molar-refractivity contribution < 1.29 is 4.52 Å². The highest BCUT2D eigenvalue weighted by molar-refractivity contribution is 5.79. The topological polar surface area (TPSA) is 75.3 Å². The summed E-state index contributed by atoms with van der Waals surface area (Å²) >= 11 is 0. The molecule has 0 unspecified atom stereocenters. The second-order valence-electron chi connectivity index (χ2n) is 7.22. The second kappa shape index (κ2) is 8.34. The number of rotatable bonds is 8. The molecule has 1 aromatic carbocycles. The van der Waals surface area contributed by atoms with Crippen LogP contribution in [0.3, 0.4) is 0 Å². The maximum Gasteiger partial charge on any atom is 0.228 e. The predicted octanol–water partition coefficient (Wildman–Crippen LogP) is 3.02. The van der Waals surface area contributed by atoms with Gasteiger partial charge in [-0.2, -0.15) is 4.98 Å². The van der Waals surface area contributed by atoms with Crippen molar-refractivity contribution in [3.8, 4) is 0 Å². The summed E-state index contributed by atoms with van der Waals surface area (Å²) in [6.07, 6.45) is 3.10. The molecule has 0 amide bonds.